The van der Waals surface area contributed by atoms with Gasteiger partial charge in [0.1, 0.15) is 5.82 Å². The molecule has 118 valence electrons. The second-order valence-electron chi connectivity index (χ2n) is 6.07. The van der Waals surface area contributed by atoms with Crippen molar-refractivity contribution in [2.75, 3.05) is 24.8 Å². The highest BCUT2D eigenvalue weighted by Crippen LogP contribution is 2.40. The van der Waals surface area contributed by atoms with Gasteiger partial charge in [-0.05, 0) is 6.92 Å². The molecular weight excluding hydrogens is 312 g/mol. The number of nitrogens with zero attached hydrogens (tertiary/aromatic N) is 4. The van der Waals surface area contributed by atoms with Crippen LogP contribution in [0.2, 0.25) is 0 Å². The van der Waals surface area contributed by atoms with Gasteiger partial charge >= 0.3 is 0 Å². The molecule has 2 aliphatic rings. The van der Waals surface area contributed by atoms with Gasteiger partial charge in [0.25, 0.3) is 0 Å². The fraction of sp³-hybridized carbons (Fsp3) is 0.375. The minimum Gasteiger partial charge on any atom is -0.454 e. The molecule has 5 rings (SSSR count). The standard InChI is InChI=1S/C16H16N4O2S/c1-10-17-2-3-19(10)6-11-7-20(8-11)16-18-12-4-13-14(22-9-21-13)5-15(12)23-16/h2-5,11H,6-9H2,1H3. The van der Waals surface area contributed by atoms with Crippen molar-refractivity contribution in [1.29, 1.82) is 0 Å². The zero-order chi connectivity index (χ0) is 15.4. The van der Waals surface area contributed by atoms with Gasteiger partial charge in [-0.15, -0.1) is 0 Å². The third-order valence-corrected chi connectivity index (χ3v) is 5.56. The lowest BCUT2D eigenvalue weighted by atomic mass is 10.0. The van der Waals surface area contributed by atoms with E-state index in [4.69, 9.17) is 14.5 Å². The number of anilines is 1. The first-order valence-electron chi connectivity index (χ1n) is 7.69. The molecule has 2 aromatic heterocycles. The lowest BCUT2D eigenvalue weighted by Gasteiger charge is -2.39. The van der Waals surface area contributed by atoms with Crippen molar-refractivity contribution in [3.05, 3.63) is 30.4 Å². The maximum Gasteiger partial charge on any atom is 0.231 e. The lowest BCUT2D eigenvalue weighted by molar-refractivity contribution is 0.174. The van der Waals surface area contributed by atoms with Crippen LogP contribution in [0.25, 0.3) is 10.2 Å². The Hall–Kier alpha value is -2.28. The normalized spacial score (nSPS) is 17.0. The molecule has 0 bridgehead atoms. The molecule has 0 spiro atoms. The van der Waals surface area contributed by atoms with E-state index in [9.17, 15) is 0 Å². The number of fused-ring (bicyclic) bond motifs is 2. The van der Waals surface area contributed by atoms with Crippen molar-refractivity contribution in [2.45, 2.75) is 13.5 Å². The minimum atomic E-state index is 0.306. The van der Waals surface area contributed by atoms with Gasteiger partial charge in [-0.3, -0.25) is 0 Å². The molecule has 3 aromatic rings. The SMILES string of the molecule is Cc1nccn1CC1CN(c2nc3cc4c(cc3s2)OCO4)C1. The van der Waals surface area contributed by atoms with Crippen molar-refractivity contribution in [3.8, 4) is 11.5 Å². The van der Waals surface area contributed by atoms with Gasteiger partial charge in [-0.25, -0.2) is 9.97 Å². The van der Waals surface area contributed by atoms with Crippen LogP contribution in [0.4, 0.5) is 5.13 Å². The number of imidazole rings is 1. The third-order valence-electron chi connectivity index (χ3n) is 4.48. The van der Waals surface area contributed by atoms with Crippen LogP contribution in [-0.2, 0) is 6.54 Å². The molecule has 0 amide bonds. The molecule has 1 aromatic carbocycles. The van der Waals surface area contributed by atoms with Gasteiger partial charge < -0.3 is 18.9 Å². The van der Waals surface area contributed by atoms with E-state index in [-0.39, 0.29) is 0 Å². The lowest BCUT2D eigenvalue weighted by Crippen LogP contribution is -2.48. The number of hydrogen-bond donors (Lipinski definition) is 0. The zero-order valence-electron chi connectivity index (χ0n) is 12.7. The number of aryl methyl sites for hydroxylation is 1. The second kappa shape index (κ2) is 4.86. The first-order chi connectivity index (χ1) is 11.3. The topological polar surface area (TPSA) is 52.4 Å². The Balaban J connectivity index is 1.32. The summed E-state index contributed by atoms with van der Waals surface area (Å²) in [4.78, 5) is 11.4. The van der Waals surface area contributed by atoms with Gasteiger partial charge in [0, 0.05) is 50.1 Å². The highest BCUT2D eigenvalue weighted by molar-refractivity contribution is 7.22. The largest absolute Gasteiger partial charge is 0.454 e. The molecule has 2 aliphatic heterocycles. The molecule has 0 atom stereocenters. The molecule has 4 heterocycles. The first-order valence-corrected chi connectivity index (χ1v) is 8.51. The maximum atomic E-state index is 5.44. The average Bonchev–Trinajstić information content (AvgIpc) is 3.18. The summed E-state index contributed by atoms with van der Waals surface area (Å²) in [6, 6.07) is 4.01. The Morgan fingerprint density at radius 2 is 2.09 bits per heavy atom. The van der Waals surface area contributed by atoms with Crippen molar-refractivity contribution < 1.29 is 9.47 Å². The summed E-state index contributed by atoms with van der Waals surface area (Å²) < 4.78 is 14.2. The van der Waals surface area contributed by atoms with Crippen LogP contribution in [-0.4, -0.2) is 34.4 Å². The van der Waals surface area contributed by atoms with Crippen LogP contribution in [0, 0.1) is 12.8 Å². The molecule has 0 aliphatic carbocycles. The first kappa shape index (κ1) is 13.2. The van der Waals surface area contributed by atoms with E-state index < -0.39 is 0 Å². The quantitative estimate of drug-likeness (QED) is 0.740. The molecule has 0 radical (unpaired) electrons. The van der Waals surface area contributed by atoms with Crippen LogP contribution in [0.1, 0.15) is 5.82 Å². The summed E-state index contributed by atoms with van der Waals surface area (Å²) in [5.41, 5.74) is 0.989. The maximum absolute atomic E-state index is 5.44. The van der Waals surface area contributed by atoms with Crippen LogP contribution >= 0.6 is 11.3 Å². The number of rotatable bonds is 3. The summed E-state index contributed by atoms with van der Waals surface area (Å²) >= 11 is 1.72. The van der Waals surface area contributed by atoms with E-state index in [1.807, 2.05) is 25.3 Å². The average molecular weight is 328 g/mol. The zero-order valence-corrected chi connectivity index (χ0v) is 13.5. The van der Waals surface area contributed by atoms with Gasteiger partial charge in [0.2, 0.25) is 6.79 Å². The Morgan fingerprint density at radius 1 is 1.26 bits per heavy atom. The van der Waals surface area contributed by atoms with E-state index in [2.05, 4.69) is 20.6 Å². The molecule has 0 saturated carbocycles. The van der Waals surface area contributed by atoms with Crippen LogP contribution in [0.3, 0.4) is 0 Å². The summed E-state index contributed by atoms with van der Waals surface area (Å²) in [6.45, 7) is 5.48. The number of ether oxygens (including phenoxy) is 2. The van der Waals surface area contributed by atoms with E-state index in [0.717, 1.165) is 52.3 Å². The highest BCUT2D eigenvalue weighted by atomic mass is 32.1. The Bertz CT molecular complexity index is 840. The molecule has 0 N–H and O–H groups in total. The minimum absolute atomic E-state index is 0.306. The summed E-state index contributed by atoms with van der Waals surface area (Å²) in [7, 11) is 0. The summed E-state index contributed by atoms with van der Waals surface area (Å²) in [6.07, 6.45) is 3.92. The van der Waals surface area contributed by atoms with Crippen molar-refractivity contribution >= 4 is 26.7 Å². The fourth-order valence-corrected chi connectivity index (χ4v) is 4.15. The predicted molar refractivity (Wildman–Crippen MR) is 88.4 cm³/mol. The monoisotopic (exact) mass is 328 g/mol. The fourth-order valence-electron chi connectivity index (χ4n) is 3.16. The molecule has 6 nitrogen and oxygen atoms in total. The molecule has 1 fully saturated rings. The molecule has 7 heteroatoms. The molecule has 1 saturated heterocycles. The number of hydrogen-bond acceptors (Lipinski definition) is 6. The van der Waals surface area contributed by atoms with Crippen LogP contribution < -0.4 is 14.4 Å². The second-order valence-corrected chi connectivity index (χ2v) is 7.08. The predicted octanol–water partition coefficient (Wildman–Crippen LogP) is 2.67. The van der Waals surface area contributed by atoms with Gasteiger partial charge in [-0.1, -0.05) is 11.3 Å². The smallest absolute Gasteiger partial charge is 0.231 e. The van der Waals surface area contributed by atoms with E-state index >= 15 is 0 Å². The summed E-state index contributed by atoms with van der Waals surface area (Å²) in [5, 5.41) is 1.09. The van der Waals surface area contributed by atoms with E-state index in [0.29, 0.717) is 12.7 Å². The molecule has 0 unspecified atom stereocenters. The summed E-state index contributed by atoms with van der Waals surface area (Å²) in [5.74, 6) is 3.36. The van der Waals surface area contributed by atoms with E-state index in [1.165, 1.54) is 0 Å². The van der Waals surface area contributed by atoms with Crippen molar-refractivity contribution in [1.82, 2.24) is 14.5 Å². The van der Waals surface area contributed by atoms with E-state index in [1.54, 1.807) is 11.3 Å². The van der Waals surface area contributed by atoms with Gasteiger partial charge in [-0.2, -0.15) is 0 Å². The van der Waals surface area contributed by atoms with Crippen molar-refractivity contribution in [2.24, 2.45) is 5.92 Å². The molecular formula is C16H16N4O2S. The number of thiazole rings is 1. The third kappa shape index (κ3) is 2.15. The van der Waals surface area contributed by atoms with Crippen LogP contribution in [0.15, 0.2) is 24.5 Å². The Labute approximate surface area is 137 Å². The number of benzene rings is 1. The van der Waals surface area contributed by atoms with Gasteiger partial charge in [0.05, 0.1) is 10.2 Å². The Kier molecular flexibility index (Phi) is 2.78. The highest BCUT2D eigenvalue weighted by Gasteiger charge is 2.30. The Morgan fingerprint density at radius 3 is 2.87 bits per heavy atom. The van der Waals surface area contributed by atoms with Crippen LogP contribution in [0.5, 0.6) is 11.5 Å². The molecule has 23 heavy (non-hydrogen) atoms. The van der Waals surface area contributed by atoms with Crippen molar-refractivity contribution in [3.63, 3.8) is 0 Å². The van der Waals surface area contributed by atoms with Gasteiger partial charge in [0.15, 0.2) is 16.6 Å². The number of aromatic nitrogens is 3.